The van der Waals surface area contributed by atoms with Crippen LogP contribution >= 0.6 is 27.5 Å². The summed E-state index contributed by atoms with van der Waals surface area (Å²) in [4.78, 5) is 12.3. The Hall–Kier alpha value is -2.19. The molecule has 0 saturated heterocycles. The minimum atomic E-state index is -0.409. The van der Waals surface area contributed by atoms with Crippen LogP contribution in [0.25, 0.3) is 0 Å². The van der Waals surface area contributed by atoms with Gasteiger partial charge in [0.05, 0.1) is 11.0 Å². The molecule has 6 nitrogen and oxygen atoms in total. The van der Waals surface area contributed by atoms with Crippen LogP contribution in [0, 0.1) is 12.7 Å². The van der Waals surface area contributed by atoms with E-state index in [1.807, 2.05) is 6.92 Å². The van der Waals surface area contributed by atoms with Gasteiger partial charge < -0.3 is 5.32 Å². The van der Waals surface area contributed by atoms with Crippen LogP contribution in [0.1, 0.15) is 21.7 Å². The SMILES string of the molecule is Cc1cc(C(=O)Nc2nn(Cc3c(F)cccc3Cl)cc2Br)nn1C. The molecule has 9 heteroatoms. The molecule has 0 aliphatic carbocycles. The van der Waals surface area contributed by atoms with Crippen LogP contribution < -0.4 is 5.32 Å². The molecule has 1 aromatic carbocycles. The van der Waals surface area contributed by atoms with Gasteiger partial charge in [0.2, 0.25) is 0 Å². The summed E-state index contributed by atoms with van der Waals surface area (Å²) in [6.45, 7) is 2.00. The Morgan fingerprint density at radius 2 is 2.16 bits per heavy atom. The monoisotopic (exact) mass is 425 g/mol. The number of hydrogen-bond donors (Lipinski definition) is 1. The third-order valence-corrected chi connectivity index (χ3v) is 4.61. The number of hydrogen-bond acceptors (Lipinski definition) is 3. The van der Waals surface area contributed by atoms with Crippen molar-refractivity contribution in [1.82, 2.24) is 19.6 Å². The first-order valence-corrected chi connectivity index (χ1v) is 8.50. The average Bonchev–Trinajstić information content (AvgIpc) is 3.06. The maximum Gasteiger partial charge on any atom is 0.277 e. The highest BCUT2D eigenvalue weighted by Gasteiger charge is 2.16. The number of rotatable bonds is 4. The molecule has 0 unspecified atom stereocenters. The lowest BCUT2D eigenvalue weighted by Crippen LogP contribution is -2.14. The number of carbonyl (C=O) groups excluding carboxylic acids is 1. The largest absolute Gasteiger partial charge is 0.303 e. The maximum absolute atomic E-state index is 13.9. The molecule has 1 N–H and O–H groups in total. The summed E-state index contributed by atoms with van der Waals surface area (Å²) >= 11 is 9.37. The third-order valence-electron chi connectivity index (χ3n) is 3.68. The van der Waals surface area contributed by atoms with Gasteiger partial charge in [0, 0.05) is 29.5 Å². The summed E-state index contributed by atoms with van der Waals surface area (Å²) in [7, 11) is 1.76. The van der Waals surface area contributed by atoms with Gasteiger partial charge in [-0.05, 0) is 41.1 Å². The smallest absolute Gasteiger partial charge is 0.277 e. The van der Waals surface area contributed by atoms with Crippen LogP contribution in [0.3, 0.4) is 0 Å². The summed E-state index contributed by atoms with van der Waals surface area (Å²) in [5.74, 6) is -0.465. The molecule has 0 aliphatic rings. The van der Waals surface area contributed by atoms with Crippen molar-refractivity contribution in [3.8, 4) is 0 Å². The van der Waals surface area contributed by atoms with Crippen molar-refractivity contribution >= 4 is 39.3 Å². The van der Waals surface area contributed by atoms with Gasteiger partial charge in [0.1, 0.15) is 5.82 Å². The van der Waals surface area contributed by atoms with Crippen molar-refractivity contribution in [2.24, 2.45) is 7.05 Å². The Labute approximate surface area is 156 Å². The van der Waals surface area contributed by atoms with Crippen LogP contribution in [-0.4, -0.2) is 25.5 Å². The van der Waals surface area contributed by atoms with Gasteiger partial charge in [-0.25, -0.2) is 4.39 Å². The fourth-order valence-corrected chi connectivity index (χ4v) is 2.89. The number of nitrogens with zero attached hydrogens (tertiary/aromatic N) is 4. The van der Waals surface area contributed by atoms with Crippen molar-refractivity contribution < 1.29 is 9.18 Å². The van der Waals surface area contributed by atoms with E-state index in [4.69, 9.17) is 11.6 Å². The fraction of sp³-hybridized carbons (Fsp3) is 0.188. The molecular formula is C16H14BrClFN5O. The fourth-order valence-electron chi connectivity index (χ4n) is 2.25. The average molecular weight is 427 g/mol. The summed E-state index contributed by atoms with van der Waals surface area (Å²) in [5.41, 5.74) is 1.49. The molecule has 0 fully saturated rings. The van der Waals surface area contributed by atoms with Crippen molar-refractivity contribution in [3.05, 3.63) is 62.7 Å². The minimum Gasteiger partial charge on any atom is -0.303 e. The van der Waals surface area contributed by atoms with Crippen LogP contribution in [0.2, 0.25) is 5.02 Å². The van der Waals surface area contributed by atoms with Crippen LogP contribution in [0.15, 0.2) is 34.9 Å². The van der Waals surface area contributed by atoms with Gasteiger partial charge in [-0.3, -0.25) is 14.2 Å². The lowest BCUT2D eigenvalue weighted by molar-refractivity contribution is 0.102. The number of amides is 1. The van der Waals surface area contributed by atoms with Gasteiger partial charge in [0.15, 0.2) is 11.5 Å². The molecule has 0 aliphatic heterocycles. The van der Waals surface area contributed by atoms with E-state index in [-0.39, 0.29) is 12.5 Å². The second-order valence-electron chi connectivity index (χ2n) is 5.47. The van der Waals surface area contributed by atoms with Crippen molar-refractivity contribution in [2.75, 3.05) is 5.32 Å². The molecule has 3 rings (SSSR count). The van der Waals surface area contributed by atoms with E-state index >= 15 is 0 Å². The zero-order valence-electron chi connectivity index (χ0n) is 13.4. The van der Waals surface area contributed by atoms with Crippen molar-refractivity contribution in [3.63, 3.8) is 0 Å². The number of halogens is 3. The Morgan fingerprint density at radius 3 is 2.80 bits per heavy atom. The summed E-state index contributed by atoms with van der Waals surface area (Å²) in [6.07, 6.45) is 1.64. The predicted octanol–water partition coefficient (Wildman–Crippen LogP) is 3.78. The zero-order valence-corrected chi connectivity index (χ0v) is 15.8. The quantitative estimate of drug-likeness (QED) is 0.690. The van der Waals surface area contributed by atoms with Gasteiger partial charge in [-0.1, -0.05) is 17.7 Å². The molecule has 0 saturated carbocycles. The van der Waals surface area contributed by atoms with Gasteiger partial charge in [-0.2, -0.15) is 10.2 Å². The third kappa shape index (κ3) is 3.74. The molecule has 0 atom stereocenters. The molecule has 2 heterocycles. The highest BCUT2D eigenvalue weighted by Crippen LogP contribution is 2.24. The van der Waals surface area contributed by atoms with E-state index in [2.05, 4.69) is 31.4 Å². The number of anilines is 1. The number of carbonyl (C=O) groups is 1. The van der Waals surface area contributed by atoms with Crippen molar-refractivity contribution in [1.29, 1.82) is 0 Å². The van der Waals surface area contributed by atoms with E-state index in [9.17, 15) is 9.18 Å². The Morgan fingerprint density at radius 1 is 1.40 bits per heavy atom. The van der Waals surface area contributed by atoms with E-state index in [0.29, 0.717) is 26.6 Å². The van der Waals surface area contributed by atoms with E-state index in [0.717, 1.165) is 5.69 Å². The maximum atomic E-state index is 13.9. The number of nitrogens with one attached hydrogen (secondary N) is 1. The first kappa shape index (κ1) is 17.6. The van der Waals surface area contributed by atoms with E-state index < -0.39 is 5.82 Å². The van der Waals surface area contributed by atoms with E-state index in [1.54, 1.807) is 36.1 Å². The Balaban J connectivity index is 1.79. The van der Waals surface area contributed by atoms with Crippen molar-refractivity contribution in [2.45, 2.75) is 13.5 Å². The molecule has 0 bridgehead atoms. The Kier molecular flexibility index (Phi) is 4.91. The molecule has 1 amide bonds. The van der Waals surface area contributed by atoms with Crippen LogP contribution in [-0.2, 0) is 13.6 Å². The summed E-state index contributed by atoms with van der Waals surface area (Å²) in [6, 6.07) is 6.18. The number of aryl methyl sites for hydroxylation is 2. The molecule has 0 spiro atoms. The standard InChI is InChI=1S/C16H14BrClFN5O/c1-9-6-14(21-23(9)2)16(25)20-15-11(17)8-24(22-15)7-10-12(18)4-3-5-13(10)19/h3-6,8H,7H2,1-2H3,(H,20,22,25). The second kappa shape index (κ2) is 6.97. The topological polar surface area (TPSA) is 64.7 Å². The van der Waals surface area contributed by atoms with Crippen LogP contribution in [0.5, 0.6) is 0 Å². The van der Waals surface area contributed by atoms with Gasteiger partial charge >= 0.3 is 0 Å². The number of benzene rings is 1. The first-order chi connectivity index (χ1) is 11.8. The van der Waals surface area contributed by atoms with Gasteiger partial charge in [-0.15, -0.1) is 0 Å². The summed E-state index contributed by atoms with van der Waals surface area (Å²) in [5, 5.41) is 11.4. The van der Waals surface area contributed by atoms with E-state index in [1.165, 1.54) is 10.7 Å². The normalized spacial score (nSPS) is 10.9. The molecular weight excluding hydrogens is 413 g/mol. The first-order valence-electron chi connectivity index (χ1n) is 7.33. The van der Waals surface area contributed by atoms with Gasteiger partial charge in [0.25, 0.3) is 5.91 Å². The lowest BCUT2D eigenvalue weighted by Gasteiger charge is -2.05. The van der Waals surface area contributed by atoms with Crippen LogP contribution in [0.4, 0.5) is 10.2 Å². The Bertz CT molecular complexity index is 912. The second-order valence-corrected chi connectivity index (χ2v) is 6.73. The molecule has 0 radical (unpaired) electrons. The molecule has 130 valence electrons. The minimum absolute atomic E-state index is 0.142. The lowest BCUT2D eigenvalue weighted by atomic mass is 10.2. The summed E-state index contributed by atoms with van der Waals surface area (Å²) < 4.78 is 17.6. The molecule has 3 aromatic rings. The number of aromatic nitrogens is 4. The highest BCUT2D eigenvalue weighted by atomic mass is 79.9. The molecule has 25 heavy (non-hydrogen) atoms. The molecule has 2 aromatic heterocycles. The highest BCUT2D eigenvalue weighted by molar-refractivity contribution is 9.10. The predicted molar refractivity (Wildman–Crippen MR) is 96.3 cm³/mol. The zero-order chi connectivity index (χ0) is 18.1.